The smallest absolute Gasteiger partial charge is 0.244 e. The van der Waals surface area contributed by atoms with E-state index < -0.39 is 0 Å². The molecular formula is C37H30N6O2. The predicted octanol–water partition coefficient (Wildman–Crippen LogP) is 6.96. The molecule has 0 bridgehead atoms. The van der Waals surface area contributed by atoms with E-state index in [4.69, 9.17) is 4.74 Å². The topological polar surface area (TPSA) is 78.1 Å². The van der Waals surface area contributed by atoms with E-state index in [-0.39, 0.29) is 12.5 Å². The highest BCUT2D eigenvalue weighted by molar-refractivity contribution is 6.08. The Morgan fingerprint density at radius 1 is 0.822 bits per heavy atom. The summed E-state index contributed by atoms with van der Waals surface area (Å²) < 4.78 is 9.22. The lowest BCUT2D eigenvalue weighted by Crippen LogP contribution is -2.32. The Bertz CT molecular complexity index is 2160. The fourth-order valence-corrected chi connectivity index (χ4v) is 6.48. The van der Waals surface area contributed by atoms with E-state index in [1.165, 1.54) is 32.7 Å². The van der Waals surface area contributed by atoms with Gasteiger partial charge in [0.15, 0.2) is 0 Å². The van der Waals surface area contributed by atoms with Crippen molar-refractivity contribution in [2.24, 2.45) is 0 Å². The molecule has 1 aliphatic heterocycles. The minimum absolute atomic E-state index is 0.0185. The number of amides is 1. The van der Waals surface area contributed by atoms with Crippen molar-refractivity contribution < 1.29 is 9.53 Å². The first-order chi connectivity index (χ1) is 22.1. The Labute approximate surface area is 260 Å². The van der Waals surface area contributed by atoms with Gasteiger partial charge in [0.1, 0.15) is 18.0 Å². The molecule has 0 N–H and O–H groups in total. The van der Waals surface area contributed by atoms with Gasteiger partial charge in [0.05, 0.1) is 31.0 Å². The number of hydrogen-bond donors (Lipinski definition) is 0. The van der Waals surface area contributed by atoms with E-state index in [1.54, 1.807) is 18.1 Å². The van der Waals surface area contributed by atoms with E-state index in [2.05, 4.69) is 88.1 Å². The van der Waals surface area contributed by atoms with Crippen LogP contribution in [0.1, 0.15) is 16.8 Å². The number of carbonyl (C=O) groups excluding carboxylic acids is 1. The lowest BCUT2D eigenvalue weighted by Gasteiger charge is -2.21. The zero-order valence-electron chi connectivity index (χ0n) is 25.0. The standard InChI is InChI=1S/C37H30N6O2/c1-24-18-42(23-38-24)33-16-15-27(17-34(33)45-2)32-21-43(40-39-32)22-35(44)41-19-28-13-11-25-7-3-5-9-30(25)36(28)37-29(20-41)14-12-26-8-4-6-10-31(26)37/h3-18,21,23H,19-20,22H2,1-2H3. The van der Waals surface area contributed by atoms with Crippen LogP contribution in [0.4, 0.5) is 0 Å². The summed E-state index contributed by atoms with van der Waals surface area (Å²) in [4.78, 5) is 20.2. The molecule has 2 aromatic heterocycles. The number of fused-ring (bicyclic) bond motifs is 7. The van der Waals surface area contributed by atoms with Gasteiger partial charge in [-0.2, -0.15) is 0 Å². The van der Waals surface area contributed by atoms with Crippen molar-refractivity contribution in [2.45, 2.75) is 26.6 Å². The molecule has 0 fully saturated rings. The van der Waals surface area contributed by atoms with Gasteiger partial charge in [-0.15, -0.1) is 5.10 Å². The molecular weight excluding hydrogens is 560 g/mol. The molecule has 8 rings (SSSR count). The third-order valence-corrected chi connectivity index (χ3v) is 8.66. The summed E-state index contributed by atoms with van der Waals surface area (Å²) in [5.74, 6) is 0.674. The average Bonchev–Trinajstić information content (AvgIpc) is 3.68. The minimum atomic E-state index is -0.0185. The molecule has 8 heteroatoms. The number of benzene rings is 5. The number of methoxy groups -OCH3 is 1. The van der Waals surface area contributed by atoms with Crippen LogP contribution in [0, 0.1) is 6.92 Å². The zero-order valence-corrected chi connectivity index (χ0v) is 25.0. The molecule has 1 amide bonds. The highest BCUT2D eigenvalue weighted by atomic mass is 16.5. The van der Waals surface area contributed by atoms with E-state index >= 15 is 0 Å². The fourth-order valence-electron chi connectivity index (χ4n) is 6.48. The van der Waals surface area contributed by atoms with E-state index in [9.17, 15) is 4.79 Å². The quantitative estimate of drug-likeness (QED) is 0.217. The number of imidazole rings is 1. The minimum Gasteiger partial charge on any atom is -0.495 e. The number of ether oxygens (including phenoxy) is 1. The van der Waals surface area contributed by atoms with Gasteiger partial charge in [-0.1, -0.05) is 84.1 Å². The van der Waals surface area contributed by atoms with Gasteiger partial charge in [0.25, 0.3) is 0 Å². The summed E-state index contributed by atoms with van der Waals surface area (Å²) in [6, 6.07) is 31.5. The summed E-state index contributed by atoms with van der Waals surface area (Å²) in [7, 11) is 1.64. The third kappa shape index (κ3) is 4.71. The summed E-state index contributed by atoms with van der Waals surface area (Å²) >= 11 is 0. The largest absolute Gasteiger partial charge is 0.495 e. The molecule has 3 heterocycles. The summed E-state index contributed by atoms with van der Waals surface area (Å²) in [5.41, 5.74) is 8.01. The molecule has 0 aliphatic carbocycles. The summed E-state index contributed by atoms with van der Waals surface area (Å²) in [6.07, 6.45) is 5.53. The Morgan fingerprint density at radius 2 is 1.49 bits per heavy atom. The monoisotopic (exact) mass is 590 g/mol. The molecule has 0 atom stereocenters. The lowest BCUT2D eigenvalue weighted by atomic mass is 9.88. The number of rotatable bonds is 5. The number of carbonyl (C=O) groups is 1. The molecule has 0 radical (unpaired) electrons. The van der Waals surface area contributed by atoms with Crippen LogP contribution in [0.3, 0.4) is 0 Å². The van der Waals surface area contributed by atoms with E-state index in [0.29, 0.717) is 24.5 Å². The van der Waals surface area contributed by atoms with Crippen molar-refractivity contribution in [3.8, 4) is 33.8 Å². The Hall–Kier alpha value is -5.76. The third-order valence-electron chi connectivity index (χ3n) is 8.66. The molecule has 0 saturated carbocycles. The van der Waals surface area contributed by atoms with Gasteiger partial charge in [-0.25, -0.2) is 9.67 Å². The first kappa shape index (κ1) is 26.8. The van der Waals surface area contributed by atoms with Crippen LogP contribution in [0.15, 0.2) is 110 Å². The predicted molar refractivity (Wildman–Crippen MR) is 175 cm³/mol. The summed E-state index contributed by atoms with van der Waals surface area (Å²) in [5, 5.41) is 13.5. The van der Waals surface area contributed by atoms with Gasteiger partial charge in [-0.05, 0) is 62.9 Å². The maximum atomic E-state index is 13.9. The van der Waals surface area contributed by atoms with Crippen LogP contribution in [0.25, 0.3) is 49.6 Å². The van der Waals surface area contributed by atoms with Crippen LogP contribution < -0.4 is 4.74 Å². The van der Waals surface area contributed by atoms with Gasteiger partial charge in [0, 0.05) is 24.8 Å². The van der Waals surface area contributed by atoms with Gasteiger partial charge in [0.2, 0.25) is 5.91 Å². The number of aromatic nitrogens is 5. The first-order valence-electron chi connectivity index (χ1n) is 14.9. The number of nitrogens with zero attached hydrogens (tertiary/aromatic N) is 6. The van der Waals surface area contributed by atoms with Crippen LogP contribution in [-0.4, -0.2) is 42.5 Å². The highest BCUT2D eigenvalue weighted by Crippen LogP contribution is 2.42. The van der Waals surface area contributed by atoms with Crippen LogP contribution >= 0.6 is 0 Å². The molecule has 8 nitrogen and oxygen atoms in total. The number of hydrogen-bond acceptors (Lipinski definition) is 5. The van der Waals surface area contributed by atoms with Crippen LogP contribution in [0.2, 0.25) is 0 Å². The Kier molecular flexibility index (Phi) is 6.41. The molecule has 0 unspecified atom stereocenters. The second-order valence-corrected chi connectivity index (χ2v) is 11.5. The molecule has 1 aliphatic rings. The van der Waals surface area contributed by atoms with Crippen molar-refractivity contribution in [1.82, 2.24) is 29.4 Å². The van der Waals surface area contributed by atoms with E-state index in [1.807, 2.05) is 47.0 Å². The van der Waals surface area contributed by atoms with Gasteiger partial charge < -0.3 is 14.2 Å². The van der Waals surface area contributed by atoms with Crippen LogP contribution in [0.5, 0.6) is 5.75 Å². The van der Waals surface area contributed by atoms with Crippen molar-refractivity contribution in [1.29, 1.82) is 0 Å². The second-order valence-electron chi connectivity index (χ2n) is 11.5. The van der Waals surface area contributed by atoms with E-state index in [0.717, 1.165) is 28.1 Å². The normalized spacial score (nSPS) is 12.6. The van der Waals surface area contributed by atoms with Crippen molar-refractivity contribution in [2.75, 3.05) is 7.11 Å². The SMILES string of the molecule is COc1cc(-c2cn(CC(=O)N3Cc4ccc5ccccc5c4-c4c(ccc5ccccc45)C3)nn2)ccc1-n1cnc(C)c1. The van der Waals surface area contributed by atoms with Crippen LogP contribution in [-0.2, 0) is 24.4 Å². The van der Waals surface area contributed by atoms with Crippen molar-refractivity contribution in [3.05, 3.63) is 127 Å². The average molecular weight is 591 g/mol. The zero-order chi connectivity index (χ0) is 30.5. The molecule has 7 aromatic rings. The fraction of sp³-hybridized carbons (Fsp3) is 0.135. The molecule has 220 valence electrons. The summed E-state index contributed by atoms with van der Waals surface area (Å²) in [6.45, 7) is 3.05. The van der Waals surface area contributed by atoms with Crippen molar-refractivity contribution in [3.63, 3.8) is 0 Å². The Morgan fingerprint density at radius 3 is 2.11 bits per heavy atom. The second kappa shape index (κ2) is 10.7. The Balaban J connectivity index is 1.12. The maximum absolute atomic E-state index is 13.9. The van der Waals surface area contributed by atoms with Gasteiger partial charge >= 0.3 is 0 Å². The maximum Gasteiger partial charge on any atom is 0.244 e. The number of aryl methyl sites for hydroxylation is 1. The lowest BCUT2D eigenvalue weighted by molar-refractivity contribution is -0.133. The van der Waals surface area contributed by atoms with Gasteiger partial charge in [-0.3, -0.25) is 4.79 Å². The van der Waals surface area contributed by atoms with Crippen molar-refractivity contribution >= 4 is 27.5 Å². The first-order valence-corrected chi connectivity index (χ1v) is 14.9. The molecule has 45 heavy (non-hydrogen) atoms. The molecule has 5 aromatic carbocycles. The molecule has 0 saturated heterocycles. The highest BCUT2D eigenvalue weighted by Gasteiger charge is 2.26. The molecule has 0 spiro atoms.